The number of piperidine rings is 1. The van der Waals surface area contributed by atoms with E-state index in [9.17, 15) is 9.59 Å². The molecule has 1 aliphatic heterocycles. The van der Waals surface area contributed by atoms with E-state index < -0.39 is 0 Å². The van der Waals surface area contributed by atoms with Crippen LogP contribution in [0, 0.1) is 9.49 Å². The van der Waals surface area contributed by atoms with Gasteiger partial charge in [0, 0.05) is 41.5 Å². The van der Waals surface area contributed by atoms with Crippen molar-refractivity contribution in [1.29, 1.82) is 0 Å². The lowest BCUT2D eigenvalue weighted by Crippen LogP contribution is -2.42. The van der Waals surface area contributed by atoms with Crippen LogP contribution >= 0.6 is 22.6 Å². The molecule has 0 spiro atoms. The normalized spacial score (nSPS) is 15.3. The second kappa shape index (κ2) is 7.38. The number of hydrogen-bond acceptors (Lipinski definition) is 2. The van der Waals surface area contributed by atoms with Crippen LogP contribution in [0.25, 0.3) is 5.69 Å². The fraction of sp³-hybridized carbons (Fsp3) is 0.333. The van der Waals surface area contributed by atoms with Gasteiger partial charge < -0.3 is 14.8 Å². The van der Waals surface area contributed by atoms with Gasteiger partial charge in [-0.1, -0.05) is 6.07 Å². The lowest BCUT2D eigenvalue weighted by Gasteiger charge is -2.31. The minimum atomic E-state index is 0.0153. The fourth-order valence-corrected chi connectivity index (χ4v) is 3.64. The molecule has 0 bridgehead atoms. The van der Waals surface area contributed by atoms with Crippen LogP contribution in [0.1, 0.15) is 23.3 Å². The number of hydrogen-bond donors (Lipinski definition) is 1. The number of rotatable bonds is 3. The maximum atomic E-state index is 12.9. The lowest BCUT2D eigenvalue weighted by atomic mass is 9.96. The standard InChI is InChI=1S/C18H20IN3O2/c1-20-17(23)13-7-10-21(11-8-13)18(24)16-6-3-9-22(16)15-5-2-4-14(19)12-15/h2-6,9,12-13H,7-8,10-11H2,1H3,(H,20,23). The maximum Gasteiger partial charge on any atom is 0.270 e. The molecule has 0 atom stereocenters. The van der Waals surface area contributed by atoms with Crippen LogP contribution in [0.15, 0.2) is 42.6 Å². The van der Waals surface area contributed by atoms with Crippen LogP contribution in [0.2, 0.25) is 0 Å². The van der Waals surface area contributed by atoms with Crippen molar-refractivity contribution in [3.8, 4) is 5.69 Å². The molecule has 1 aromatic carbocycles. The van der Waals surface area contributed by atoms with E-state index in [2.05, 4.69) is 34.0 Å². The minimum absolute atomic E-state index is 0.0153. The monoisotopic (exact) mass is 437 g/mol. The Hall–Kier alpha value is -1.83. The molecule has 0 radical (unpaired) electrons. The average molecular weight is 437 g/mol. The fourth-order valence-electron chi connectivity index (χ4n) is 3.12. The molecular formula is C18H20IN3O2. The Morgan fingerprint density at radius 3 is 2.58 bits per heavy atom. The quantitative estimate of drug-likeness (QED) is 0.751. The third kappa shape index (κ3) is 3.48. The van der Waals surface area contributed by atoms with E-state index in [-0.39, 0.29) is 17.7 Å². The van der Waals surface area contributed by atoms with Crippen molar-refractivity contribution in [3.63, 3.8) is 0 Å². The van der Waals surface area contributed by atoms with E-state index >= 15 is 0 Å². The van der Waals surface area contributed by atoms with Crippen molar-refractivity contribution >= 4 is 34.4 Å². The third-order valence-corrected chi connectivity index (χ3v) is 5.12. The van der Waals surface area contributed by atoms with Crippen molar-refractivity contribution in [2.45, 2.75) is 12.8 Å². The molecule has 0 unspecified atom stereocenters. The number of benzene rings is 1. The summed E-state index contributed by atoms with van der Waals surface area (Å²) in [5, 5.41) is 2.69. The van der Waals surface area contributed by atoms with E-state index in [0.29, 0.717) is 18.8 Å². The zero-order chi connectivity index (χ0) is 17.1. The molecule has 24 heavy (non-hydrogen) atoms. The highest BCUT2D eigenvalue weighted by Crippen LogP contribution is 2.21. The van der Waals surface area contributed by atoms with Crippen molar-refractivity contribution in [2.24, 2.45) is 5.92 Å². The van der Waals surface area contributed by atoms with Crippen molar-refractivity contribution < 1.29 is 9.59 Å². The largest absolute Gasteiger partial charge is 0.359 e. The highest BCUT2D eigenvalue weighted by molar-refractivity contribution is 14.1. The first-order chi connectivity index (χ1) is 11.6. The van der Waals surface area contributed by atoms with Gasteiger partial charge in [-0.3, -0.25) is 9.59 Å². The van der Waals surface area contributed by atoms with Gasteiger partial charge in [-0.15, -0.1) is 0 Å². The van der Waals surface area contributed by atoms with E-state index in [4.69, 9.17) is 0 Å². The molecule has 1 fully saturated rings. The summed E-state index contributed by atoms with van der Waals surface area (Å²) in [5.41, 5.74) is 1.64. The zero-order valence-corrected chi connectivity index (χ0v) is 15.7. The number of nitrogens with one attached hydrogen (secondary N) is 1. The molecule has 0 saturated carbocycles. The summed E-state index contributed by atoms with van der Waals surface area (Å²) in [4.78, 5) is 26.5. The summed E-state index contributed by atoms with van der Waals surface area (Å²) >= 11 is 2.27. The molecular weight excluding hydrogens is 417 g/mol. The van der Waals surface area contributed by atoms with Gasteiger partial charge >= 0.3 is 0 Å². The number of aromatic nitrogens is 1. The Kier molecular flexibility index (Phi) is 5.23. The van der Waals surface area contributed by atoms with Crippen LogP contribution in [0.4, 0.5) is 0 Å². The van der Waals surface area contributed by atoms with Gasteiger partial charge in [0.05, 0.1) is 0 Å². The number of likely N-dealkylation sites (tertiary alicyclic amines) is 1. The van der Waals surface area contributed by atoms with Gasteiger partial charge in [0.25, 0.3) is 5.91 Å². The Morgan fingerprint density at radius 1 is 1.17 bits per heavy atom. The summed E-state index contributed by atoms with van der Waals surface area (Å²) in [5.74, 6) is 0.111. The van der Waals surface area contributed by atoms with Gasteiger partial charge in [-0.25, -0.2) is 0 Å². The first-order valence-electron chi connectivity index (χ1n) is 8.04. The Labute approximate surface area is 155 Å². The van der Waals surface area contributed by atoms with E-state index in [0.717, 1.165) is 22.1 Å². The van der Waals surface area contributed by atoms with Crippen molar-refractivity contribution in [2.75, 3.05) is 20.1 Å². The zero-order valence-electron chi connectivity index (χ0n) is 13.5. The predicted molar refractivity (Wildman–Crippen MR) is 101 cm³/mol. The molecule has 2 amide bonds. The topological polar surface area (TPSA) is 54.3 Å². The molecule has 0 aliphatic carbocycles. The number of amides is 2. The summed E-state index contributed by atoms with van der Waals surface area (Å²) in [6, 6.07) is 11.8. The molecule has 5 nitrogen and oxygen atoms in total. The van der Waals surface area contributed by atoms with Crippen molar-refractivity contribution in [1.82, 2.24) is 14.8 Å². The van der Waals surface area contributed by atoms with Gasteiger partial charge in [0.15, 0.2) is 0 Å². The molecule has 1 saturated heterocycles. The van der Waals surface area contributed by atoms with E-state index in [1.807, 2.05) is 46.0 Å². The molecule has 2 aromatic rings. The number of halogens is 1. The van der Waals surface area contributed by atoms with Crippen LogP contribution < -0.4 is 5.32 Å². The lowest BCUT2D eigenvalue weighted by molar-refractivity contribution is -0.125. The first kappa shape index (κ1) is 17.0. The predicted octanol–water partition coefficient (Wildman–Crippen LogP) is 2.68. The molecule has 126 valence electrons. The smallest absolute Gasteiger partial charge is 0.270 e. The SMILES string of the molecule is CNC(=O)C1CCN(C(=O)c2cccn2-c2cccc(I)c2)CC1. The van der Waals surface area contributed by atoms with Crippen LogP contribution in [-0.4, -0.2) is 41.4 Å². The summed E-state index contributed by atoms with van der Waals surface area (Å²) < 4.78 is 3.05. The van der Waals surface area contributed by atoms with Gasteiger partial charge in [-0.2, -0.15) is 0 Å². The van der Waals surface area contributed by atoms with Crippen LogP contribution in [0.5, 0.6) is 0 Å². The van der Waals surface area contributed by atoms with E-state index in [1.165, 1.54) is 0 Å². The van der Waals surface area contributed by atoms with Gasteiger partial charge in [-0.05, 0) is 65.8 Å². The van der Waals surface area contributed by atoms with Gasteiger partial charge in [0.1, 0.15) is 5.69 Å². The second-order valence-corrected chi connectivity index (χ2v) is 7.17. The highest BCUT2D eigenvalue weighted by atomic mass is 127. The number of carbonyl (C=O) groups excluding carboxylic acids is 2. The highest BCUT2D eigenvalue weighted by Gasteiger charge is 2.28. The van der Waals surface area contributed by atoms with Crippen LogP contribution in [-0.2, 0) is 4.79 Å². The maximum absolute atomic E-state index is 12.9. The minimum Gasteiger partial charge on any atom is -0.359 e. The first-order valence-corrected chi connectivity index (χ1v) is 9.12. The van der Waals surface area contributed by atoms with Gasteiger partial charge in [0.2, 0.25) is 5.91 Å². The average Bonchev–Trinajstić information content (AvgIpc) is 3.10. The molecule has 6 heteroatoms. The molecule has 3 rings (SSSR count). The molecule has 1 aromatic heterocycles. The number of carbonyl (C=O) groups is 2. The number of nitrogens with zero attached hydrogens (tertiary/aromatic N) is 2. The third-order valence-electron chi connectivity index (χ3n) is 4.45. The van der Waals surface area contributed by atoms with E-state index in [1.54, 1.807) is 7.05 Å². The molecule has 2 heterocycles. The summed E-state index contributed by atoms with van der Waals surface area (Å²) in [6.07, 6.45) is 3.35. The summed E-state index contributed by atoms with van der Waals surface area (Å²) in [6.45, 7) is 1.24. The second-order valence-electron chi connectivity index (χ2n) is 5.92. The molecule has 1 N–H and O–H groups in total. The molecule has 1 aliphatic rings. The Balaban J connectivity index is 1.76. The summed E-state index contributed by atoms with van der Waals surface area (Å²) in [7, 11) is 1.66. The Morgan fingerprint density at radius 2 is 1.92 bits per heavy atom. The van der Waals surface area contributed by atoms with Crippen molar-refractivity contribution in [3.05, 3.63) is 51.9 Å². The van der Waals surface area contributed by atoms with Crippen LogP contribution in [0.3, 0.4) is 0 Å². The Bertz CT molecular complexity index is 748.